The number of aromatic nitrogens is 1. The molecule has 1 aromatic rings. The topological polar surface area (TPSA) is 22.1 Å². The molecule has 3 heteroatoms. The van der Waals surface area contributed by atoms with E-state index in [4.69, 9.17) is 16.3 Å². The zero-order valence-electron chi connectivity index (χ0n) is 5.89. The average molecular weight is 158 g/mol. The van der Waals surface area contributed by atoms with Crippen molar-refractivity contribution in [1.29, 1.82) is 0 Å². The van der Waals surface area contributed by atoms with Crippen LogP contribution in [0, 0.1) is 6.92 Å². The number of methoxy groups -OCH3 is 1. The van der Waals surface area contributed by atoms with Crippen molar-refractivity contribution < 1.29 is 4.74 Å². The lowest BCUT2D eigenvalue weighted by Gasteiger charge is -2.00. The number of rotatable bonds is 1. The van der Waals surface area contributed by atoms with Crippen molar-refractivity contribution in [1.82, 2.24) is 4.98 Å². The number of hydrogen-bond acceptors (Lipinski definition) is 2. The maximum Gasteiger partial charge on any atom is 0.155 e. The van der Waals surface area contributed by atoms with Crippen LogP contribution < -0.4 is 4.74 Å². The van der Waals surface area contributed by atoms with Gasteiger partial charge in [0.2, 0.25) is 0 Å². The fraction of sp³-hybridized carbons (Fsp3) is 0.286. The minimum atomic E-state index is 0.606. The monoisotopic (exact) mass is 157 g/mol. The predicted octanol–water partition coefficient (Wildman–Crippen LogP) is 2.05. The summed E-state index contributed by atoms with van der Waals surface area (Å²) < 4.78 is 4.91. The number of pyridine rings is 1. The number of halogens is 1. The van der Waals surface area contributed by atoms with Gasteiger partial charge in [-0.3, -0.25) is 4.98 Å². The van der Waals surface area contributed by atoms with Crippen LogP contribution in [0.4, 0.5) is 0 Å². The lowest BCUT2D eigenvalue weighted by Crippen LogP contribution is -1.86. The van der Waals surface area contributed by atoms with Gasteiger partial charge in [-0.2, -0.15) is 0 Å². The molecule has 0 aliphatic rings. The van der Waals surface area contributed by atoms with E-state index in [-0.39, 0.29) is 0 Å². The second-order valence-electron chi connectivity index (χ2n) is 1.96. The lowest BCUT2D eigenvalue weighted by molar-refractivity contribution is 0.413. The highest BCUT2D eigenvalue weighted by molar-refractivity contribution is 6.32. The SMILES string of the molecule is COc1cnc(C)cc1Cl. The molecule has 0 unspecified atom stereocenters. The molecular weight excluding hydrogens is 150 g/mol. The number of aryl methyl sites for hydroxylation is 1. The lowest BCUT2D eigenvalue weighted by atomic mass is 10.4. The van der Waals surface area contributed by atoms with Crippen LogP contribution in [0.25, 0.3) is 0 Å². The molecule has 0 saturated heterocycles. The summed E-state index contributed by atoms with van der Waals surface area (Å²) in [5.41, 5.74) is 0.894. The zero-order valence-corrected chi connectivity index (χ0v) is 6.64. The van der Waals surface area contributed by atoms with Crippen LogP contribution in [-0.2, 0) is 0 Å². The first-order chi connectivity index (χ1) is 4.74. The summed E-state index contributed by atoms with van der Waals surface area (Å²) in [6.07, 6.45) is 1.61. The molecule has 0 spiro atoms. The van der Waals surface area contributed by atoms with Gasteiger partial charge in [0, 0.05) is 5.69 Å². The van der Waals surface area contributed by atoms with Gasteiger partial charge in [-0.05, 0) is 13.0 Å². The molecule has 0 N–H and O–H groups in total. The third-order valence-corrected chi connectivity index (χ3v) is 1.47. The molecule has 0 radical (unpaired) electrons. The molecule has 0 aliphatic heterocycles. The van der Waals surface area contributed by atoms with Crippen molar-refractivity contribution >= 4 is 11.6 Å². The third-order valence-electron chi connectivity index (χ3n) is 1.18. The van der Waals surface area contributed by atoms with Crippen molar-refractivity contribution in [2.24, 2.45) is 0 Å². The van der Waals surface area contributed by atoms with Crippen LogP contribution in [0.2, 0.25) is 5.02 Å². The second kappa shape index (κ2) is 2.88. The highest BCUT2D eigenvalue weighted by atomic mass is 35.5. The smallest absolute Gasteiger partial charge is 0.155 e. The van der Waals surface area contributed by atoms with E-state index in [1.807, 2.05) is 6.92 Å². The predicted molar refractivity (Wildman–Crippen MR) is 40.5 cm³/mol. The van der Waals surface area contributed by atoms with Gasteiger partial charge in [0.25, 0.3) is 0 Å². The molecule has 0 aromatic carbocycles. The summed E-state index contributed by atoms with van der Waals surface area (Å²) in [6, 6.07) is 1.76. The minimum Gasteiger partial charge on any atom is -0.494 e. The summed E-state index contributed by atoms with van der Waals surface area (Å²) >= 11 is 5.76. The van der Waals surface area contributed by atoms with E-state index in [0.717, 1.165) is 5.69 Å². The Morgan fingerprint density at radius 2 is 2.30 bits per heavy atom. The summed E-state index contributed by atoms with van der Waals surface area (Å²) in [4.78, 5) is 4.00. The molecule has 0 amide bonds. The summed E-state index contributed by atoms with van der Waals surface area (Å²) in [5.74, 6) is 0.618. The summed E-state index contributed by atoms with van der Waals surface area (Å²) in [7, 11) is 1.57. The van der Waals surface area contributed by atoms with Gasteiger partial charge in [-0.25, -0.2) is 0 Å². The van der Waals surface area contributed by atoms with Gasteiger partial charge in [-0.1, -0.05) is 11.6 Å². The van der Waals surface area contributed by atoms with E-state index >= 15 is 0 Å². The highest BCUT2D eigenvalue weighted by Crippen LogP contribution is 2.22. The molecule has 10 heavy (non-hydrogen) atoms. The highest BCUT2D eigenvalue weighted by Gasteiger charge is 1.98. The van der Waals surface area contributed by atoms with Crippen molar-refractivity contribution in [3.05, 3.63) is 23.0 Å². The Balaban J connectivity index is 3.07. The van der Waals surface area contributed by atoms with Gasteiger partial charge in [0.15, 0.2) is 5.75 Å². The number of nitrogens with zero attached hydrogens (tertiary/aromatic N) is 1. The first-order valence-corrected chi connectivity index (χ1v) is 3.28. The standard InChI is InChI=1S/C7H8ClNO/c1-5-3-6(8)7(10-2)4-9-5/h3-4H,1-2H3. The van der Waals surface area contributed by atoms with Crippen molar-refractivity contribution in [3.8, 4) is 5.75 Å². The first-order valence-electron chi connectivity index (χ1n) is 2.90. The first kappa shape index (κ1) is 7.35. The average Bonchev–Trinajstić information content (AvgIpc) is 1.88. The Kier molecular flexibility index (Phi) is 2.12. The van der Waals surface area contributed by atoms with E-state index in [1.165, 1.54) is 0 Å². The Morgan fingerprint density at radius 1 is 1.60 bits per heavy atom. The van der Waals surface area contributed by atoms with E-state index in [9.17, 15) is 0 Å². The maximum atomic E-state index is 5.76. The van der Waals surface area contributed by atoms with E-state index in [0.29, 0.717) is 10.8 Å². The number of ether oxygens (including phenoxy) is 1. The normalized spacial score (nSPS) is 9.50. The molecule has 0 bridgehead atoms. The van der Waals surface area contributed by atoms with Gasteiger partial charge >= 0.3 is 0 Å². The van der Waals surface area contributed by atoms with Crippen LogP contribution in [-0.4, -0.2) is 12.1 Å². The van der Waals surface area contributed by atoms with Crippen molar-refractivity contribution in [2.45, 2.75) is 6.92 Å². The van der Waals surface area contributed by atoms with Crippen LogP contribution in [0.15, 0.2) is 12.3 Å². The molecule has 1 aromatic heterocycles. The Bertz CT molecular complexity index is 237. The molecular formula is C7H8ClNO. The molecule has 0 saturated carbocycles. The molecule has 1 heterocycles. The maximum absolute atomic E-state index is 5.76. The van der Waals surface area contributed by atoms with Crippen LogP contribution >= 0.6 is 11.6 Å². The van der Waals surface area contributed by atoms with Crippen LogP contribution in [0.3, 0.4) is 0 Å². The van der Waals surface area contributed by atoms with E-state index in [2.05, 4.69) is 4.98 Å². The molecule has 0 aliphatic carbocycles. The Labute approximate surface area is 64.8 Å². The molecule has 2 nitrogen and oxygen atoms in total. The van der Waals surface area contributed by atoms with Gasteiger partial charge < -0.3 is 4.74 Å². The van der Waals surface area contributed by atoms with E-state index < -0.39 is 0 Å². The molecule has 54 valence electrons. The largest absolute Gasteiger partial charge is 0.494 e. The van der Waals surface area contributed by atoms with Crippen LogP contribution in [0.1, 0.15) is 5.69 Å². The van der Waals surface area contributed by atoms with Gasteiger partial charge in [-0.15, -0.1) is 0 Å². The van der Waals surface area contributed by atoms with E-state index in [1.54, 1.807) is 19.4 Å². The molecule has 0 atom stereocenters. The third kappa shape index (κ3) is 1.39. The fourth-order valence-electron chi connectivity index (χ4n) is 0.664. The molecule has 0 fully saturated rings. The minimum absolute atomic E-state index is 0.606. The van der Waals surface area contributed by atoms with Crippen molar-refractivity contribution in [3.63, 3.8) is 0 Å². The summed E-state index contributed by atoms with van der Waals surface area (Å²) in [5, 5.41) is 0.606. The number of hydrogen-bond donors (Lipinski definition) is 0. The fourth-order valence-corrected chi connectivity index (χ4v) is 0.948. The van der Waals surface area contributed by atoms with Gasteiger partial charge in [0.1, 0.15) is 0 Å². The zero-order chi connectivity index (χ0) is 7.56. The molecule has 1 rings (SSSR count). The van der Waals surface area contributed by atoms with Gasteiger partial charge in [0.05, 0.1) is 18.3 Å². The van der Waals surface area contributed by atoms with Crippen molar-refractivity contribution in [2.75, 3.05) is 7.11 Å². The van der Waals surface area contributed by atoms with Crippen LogP contribution in [0.5, 0.6) is 5.75 Å². The quantitative estimate of drug-likeness (QED) is 0.623. The Hall–Kier alpha value is -0.760. The summed E-state index contributed by atoms with van der Waals surface area (Å²) in [6.45, 7) is 1.88. The Morgan fingerprint density at radius 3 is 2.80 bits per heavy atom. The second-order valence-corrected chi connectivity index (χ2v) is 2.37.